The molecule has 0 unspecified atom stereocenters. The molecular formula is C15H16O4. The van der Waals surface area contributed by atoms with Crippen LogP contribution in [0.15, 0.2) is 36.4 Å². The Morgan fingerprint density at radius 1 is 1.05 bits per heavy atom. The fraction of sp³-hybridized carbons (Fsp3) is 0.267. The summed E-state index contributed by atoms with van der Waals surface area (Å²) >= 11 is 0. The van der Waals surface area contributed by atoms with E-state index >= 15 is 0 Å². The molecular weight excluding hydrogens is 244 g/mol. The summed E-state index contributed by atoms with van der Waals surface area (Å²) in [7, 11) is 0. The smallest absolute Gasteiger partial charge is 0.508 e. The molecule has 0 bridgehead atoms. The monoisotopic (exact) mass is 260 g/mol. The van der Waals surface area contributed by atoms with Crippen molar-refractivity contribution < 1.29 is 19.4 Å². The van der Waals surface area contributed by atoms with Crippen LogP contribution in [0.2, 0.25) is 0 Å². The molecule has 0 spiro atoms. The van der Waals surface area contributed by atoms with Gasteiger partial charge in [0.25, 0.3) is 0 Å². The van der Waals surface area contributed by atoms with Crippen LogP contribution in [0, 0.1) is 0 Å². The number of carbonyl (C=O) groups excluding carboxylic acids is 1. The summed E-state index contributed by atoms with van der Waals surface area (Å²) in [5, 5.41) is 11.1. The number of phenols is 1. The summed E-state index contributed by atoms with van der Waals surface area (Å²) in [5.41, 5.74) is -0.584. The molecule has 0 aliphatic carbocycles. The predicted molar refractivity (Wildman–Crippen MR) is 72.5 cm³/mol. The lowest BCUT2D eigenvalue weighted by Gasteiger charge is -2.18. The van der Waals surface area contributed by atoms with Crippen molar-refractivity contribution >= 4 is 16.9 Å². The van der Waals surface area contributed by atoms with Gasteiger partial charge in [0.2, 0.25) is 0 Å². The van der Waals surface area contributed by atoms with Crippen LogP contribution in [0.5, 0.6) is 11.5 Å². The van der Waals surface area contributed by atoms with Crippen LogP contribution in [0.4, 0.5) is 4.79 Å². The Hall–Kier alpha value is -2.23. The average molecular weight is 260 g/mol. The van der Waals surface area contributed by atoms with Gasteiger partial charge in [-0.25, -0.2) is 4.79 Å². The molecule has 0 amide bonds. The highest BCUT2D eigenvalue weighted by Gasteiger charge is 2.18. The molecule has 0 atom stereocenters. The number of carbonyl (C=O) groups is 1. The molecule has 4 heteroatoms. The van der Waals surface area contributed by atoms with Gasteiger partial charge >= 0.3 is 6.16 Å². The molecule has 0 fully saturated rings. The van der Waals surface area contributed by atoms with Crippen molar-refractivity contribution in [3.8, 4) is 11.5 Å². The van der Waals surface area contributed by atoms with E-state index in [0.717, 1.165) is 10.8 Å². The van der Waals surface area contributed by atoms with E-state index in [1.165, 1.54) is 0 Å². The molecule has 0 saturated carbocycles. The second-order valence-electron chi connectivity index (χ2n) is 5.26. The molecule has 19 heavy (non-hydrogen) atoms. The molecule has 100 valence electrons. The van der Waals surface area contributed by atoms with Crippen LogP contribution in [0.25, 0.3) is 10.8 Å². The topological polar surface area (TPSA) is 55.8 Å². The molecule has 2 aromatic carbocycles. The first-order valence-electron chi connectivity index (χ1n) is 5.97. The van der Waals surface area contributed by atoms with Gasteiger partial charge < -0.3 is 14.6 Å². The molecule has 0 saturated heterocycles. The summed E-state index contributed by atoms with van der Waals surface area (Å²) in [6, 6.07) is 10.1. The van der Waals surface area contributed by atoms with E-state index in [-0.39, 0.29) is 5.75 Å². The minimum absolute atomic E-state index is 0.202. The first-order chi connectivity index (χ1) is 8.83. The van der Waals surface area contributed by atoms with Crippen LogP contribution in [-0.4, -0.2) is 16.9 Å². The van der Waals surface area contributed by atoms with E-state index in [9.17, 15) is 9.90 Å². The molecule has 2 rings (SSSR count). The van der Waals surface area contributed by atoms with Gasteiger partial charge in [-0.2, -0.15) is 0 Å². The van der Waals surface area contributed by atoms with Gasteiger partial charge in [0.15, 0.2) is 0 Å². The zero-order valence-corrected chi connectivity index (χ0v) is 11.1. The van der Waals surface area contributed by atoms with Crippen molar-refractivity contribution in [3.63, 3.8) is 0 Å². The highest BCUT2D eigenvalue weighted by Crippen LogP contribution is 2.24. The Bertz CT molecular complexity index is 611. The quantitative estimate of drug-likeness (QED) is 0.625. The minimum Gasteiger partial charge on any atom is -0.508 e. The molecule has 1 N–H and O–H groups in total. The van der Waals surface area contributed by atoms with Crippen molar-refractivity contribution in [1.29, 1.82) is 0 Å². The maximum atomic E-state index is 11.5. The van der Waals surface area contributed by atoms with E-state index in [1.54, 1.807) is 57.2 Å². The normalized spacial score (nSPS) is 11.3. The lowest BCUT2D eigenvalue weighted by molar-refractivity contribution is 0.0206. The van der Waals surface area contributed by atoms with Crippen molar-refractivity contribution in [2.24, 2.45) is 0 Å². The summed E-state index contributed by atoms with van der Waals surface area (Å²) in [6.07, 6.45) is -0.731. The Kier molecular flexibility index (Phi) is 3.34. The minimum atomic E-state index is -0.731. The van der Waals surface area contributed by atoms with Gasteiger partial charge in [0.05, 0.1) is 0 Å². The van der Waals surface area contributed by atoms with Gasteiger partial charge in [-0.05, 0) is 55.8 Å². The van der Waals surface area contributed by atoms with E-state index in [1.807, 2.05) is 0 Å². The second kappa shape index (κ2) is 4.80. The number of phenolic OH excluding ortho intramolecular Hbond substituents is 1. The predicted octanol–water partition coefficient (Wildman–Crippen LogP) is 3.86. The van der Waals surface area contributed by atoms with Crippen molar-refractivity contribution in [2.45, 2.75) is 26.4 Å². The third kappa shape index (κ3) is 3.61. The molecule has 4 nitrogen and oxygen atoms in total. The Morgan fingerprint density at radius 3 is 2.37 bits per heavy atom. The van der Waals surface area contributed by atoms with Crippen LogP contribution in [0.1, 0.15) is 20.8 Å². The molecule has 0 radical (unpaired) electrons. The third-order valence-electron chi connectivity index (χ3n) is 2.39. The number of aromatic hydroxyl groups is 1. The number of benzene rings is 2. The van der Waals surface area contributed by atoms with E-state index in [2.05, 4.69) is 0 Å². The van der Waals surface area contributed by atoms with E-state index in [4.69, 9.17) is 9.47 Å². The first kappa shape index (κ1) is 13.2. The Labute approximate surface area is 111 Å². The highest BCUT2D eigenvalue weighted by molar-refractivity contribution is 5.85. The standard InChI is InChI=1S/C15H16O4/c1-15(2,3)19-14(17)18-13-7-5-10-8-12(16)6-4-11(10)9-13/h4-9,16H,1-3H3. The molecule has 0 aliphatic heterocycles. The van der Waals surface area contributed by atoms with Crippen LogP contribution >= 0.6 is 0 Å². The number of ether oxygens (including phenoxy) is 2. The number of rotatable bonds is 1. The van der Waals surface area contributed by atoms with Gasteiger partial charge in [-0.15, -0.1) is 0 Å². The van der Waals surface area contributed by atoms with Crippen LogP contribution in [-0.2, 0) is 4.74 Å². The molecule has 0 aliphatic rings. The second-order valence-corrected chi connectivity index (χ2v) is 5.26. The SMILES string of the molecule is CC(C)(C)OC(=O)Oc1ccc2cc(O)ccc2c1. The zero-order valence-electron chi connectivity index (χ0n) is 11.1. The maximum absolute atomic E-state index is 11.5. The van der Waals surface area contributed by atoms with Gasteiger partial charge in [-0.1, -0.05) is 12.1 Å². The third-order valence-corrected chi connectivity index (χ3v) is 2.39. The molecule has 2 aromatic rings. The summed E-state index contributed by atoms with van der Waals surface area (Å²) in [4.78, 5) is 11.5. The number of hydrogen-bond acceptors (Lipinski definition) is 4. The van der Waals surface area contributed by atoms with Crippen LogP contribution < -0.4 is 4.74 Å². The number of fused-ring (bicyclic) bond motifs is 1. The van der Waals surface area contributed by atoms with Crippen molar-refractivity contribution in [3.05, 3.63) is 36.4 Å². The number of hydrogen-bond donors (Lipinski definition) is 1. The lowest BCUT2D eigenvalue weighted by Crippen LogP contribution is -2.25. The lowest BCUT2D eigenvalue weighted by atomic mass is 10.1. The van der Waals surface area contributed by atoms with Gasteiger partial charge in [0.1, 0.15) is 17.1 Å². The largest absolute Gasteiger partial charge is 0.514 e. The Balaban J connectivity index is 2.18. The zero-order chi connectivity index (χ0) is 14.0. The fourth-order valence-corrected chi connectivity index (χ4v) is 1.64. The van der Waals surface area contributed by atoms with Crippen molar-refractivity contribution in [2.75, 3.05) is 0 Å². The average Bonchev–Trinajstić information content (AvgIpc) is 2.26. The van der Waals surface area contributed by atoms with E-state index < -0.39 is 11.8 Å². The van der Waals surface area contributed by atoms with Crippen molar-refractivity contribution in [1.82, 2.24) is 0 Å². The summed E-state index contributed by atoms with van der Waals surface area (Å²) in [5.74, 6) is 0.612. The van der Waals surface area contributed by atoms with Crippen LogP contribution in [0.3, 0.4) is 0 Å². The Morgan fingerprint density at radius 2 is 1.68 bits per heavy atom. The van der Waals surface area contributed by atoms with Gasteiger partial charge in [0, 0.05) is 0 Å². The first-order valence-corrected chi connectivity index (χ1v) is 5.97. The highest BCUT2D eigenvalue weighted by atomic mass is 16.7. The summed E-state index contributed by atoms with van der Waals surface area (Å²) < 4.78 is 10.2. The van der Waals surface area contributed by atoms with E-state index in [0.29, 0.717) is 5.75 Å². The van der Waals surface area contributed by atoms with Gasteiger partial charge in [-0.3, -0.25) is 0 Å². The molecule has 0 aromatic heterocycles. The molecule has 0 heterocycles. The maximum Gasteiger partial charge on any atom is 0.514 e. The fourth-order valence-electron chi connectivity index (χ4n) is 1.64. The summed E-state index contributed by atoms with van der Waals surface area (Å²) in [6.45, 7) is 5.33.